The molecular weight excluding hydrogens is 1190 g/mol. The zero-order chi connectivity index (χ0) is 68.7. The highest BCUT2D eigenvalue weighted by molar-refractivity contribution is 6.02. The van der Waals surface area contributed by atoms with Gasteiger partial charge in [-0.3, -0.25) is 67.1 Å². The molecular formula is C57H90N12O21. The van der Waals surface area contributed by atoms with E-state index in [-0.39, 0.29) is 38.8 Å². The number of carbonyl (C=O) groups is 15. The second-order valence-electron chi connectivity index (χ2n) is 23.6. The molecule has 0 bridgehead atoms. The molecule has 90 heavy (non-hydrogen) atoms. The Morgan fingerprint density at radius 2 is 1.31 bits per heavy atom. The summed E-state index contributed by atoms with van der Waals surface area (Å²) in [6, 6.07) is -19.6. The number of allylic oxidation sites excluding steroid dienone is 3. The number of unbranched alkanes of at least 4 members (excludes halogenated alkanes) is 1. The third-order valence-corrected chi connectivity index (χ3v) is 15.2. The average molecular weight is 1280 g/mol. The van der Waals surface area contributed by atoms with Crippen molar-refractivity contribution in [3.05, 3.63) is 24.3 Å². The lowest BCUT2D eigenvalue weighted by atomic mass is 9.94. The number of nitrogens with two attached hydrogens (primary N) is 1. The van der Waals surface area contributed by atoms with Crippen molar-refractivity contribution < 1.29 is 103 Å². The molecule has 15 atom stereocenters. The van der Waals surface area contributed by atoms with E-state index < -0.39 is 198 Å². The molecule has 18 N–H and O–H groups in total. The number of aliphatic hydroxyl groups excluding tert-OH is 1. The van der Waals surface area contributed by atoms with Crippen LogP contribution < -0.4 is 58.9 Å². The predicted molar refractivity (Wildman–Crippen MR) is 316 cm³/mol. The summed E-state index contributed by atoms with van der Waals surface area (Å²) in [6.45, 7) is 12.6. The normalized spacial score (nSPS) is 26.1. The van der Waals surface area contributed by atoms with Crippen molar-refractivity contribution in [3.8, 4) is 0 Å². The maximum Gasteiger partial charge on any atom is 0.335 e. The molecule has 0 saturated carbocycles. The van der Waals surface area contributed by atoms with Crippen LogP contribution in [0.2, 0.25) is 0 Å². The Morgan fingerprint density at radius 1 is 0.711 bits per heavy atom. The Bertz CT molecular complexity index is 2700. The molecule has 0 radical (unpaired) electrons. The van der Waals surface area contributed by atoms with Gasteiger partial charge in [-0.1, -0.05) is 59.3 Å². The van der Waals surface area contributed by atoms with Gasteiger partial charge in [-0.25, -0.2) is 4.79 Å². The van der Waals surface area contributed by atoms with Gasteiger partial charge in [-0.05, 0) is 97.4 Å². The van der Waals surface area contributed by atoms with E-state index in [2.05, 4.69) is 44.1 Å². The number of amides is 11. The topological polar surface area (TPSA) is 527 Å². The van der Waals surface area contributed by atoms with E-state index in [1.165, 1.54) is 26.8 Å². The van der Waals surface area contributed by atoms with Crippen LogP contribution >= 0.6 is 0 Å². The Morgan fingerprint density at radius 3 is 1.87 bits per heavy atom. The van der Waals surface area contributed by atoms with Crippen molar-refractivity contribution in [2.45, 2.75) is 193 Å². The molecule has 2 rings (SSSR count). The summed E-state index contributed by atoms with van der Waals surface area (Å²) in [4.78, 5) is 205. The smallest absolute Gasteiger partial charge is 0.335 e. The number of fused-ring (bicyclic) bond motifs is 1. The third kappa shape index (κ3) is 24.1. The quantitative estimate of drug-likeness (QED) is 0.0261. The Labute approximate surface area is 520 Å². The number of nitrogens with zero attached hydrogens (tertiary/aromatic N) is 1. The predicted octanol–water partition coefficient (Wildman–Crippen LogP) is -4.41. The highest BCUT2D eigenvalue weighted by atomic mass is 16.4. The van der Waals surface area contributed by atoms with E-state index in [9.17, 15) is 103 Å². The molecule has 0 spiro atoms. The SMILES string of the molecule is CCC(C)CC/C=C\C=C\C(=O)N[C@H](C(=O)N[C@@H]1C(=O)N[C@H](C(C)C)C(=O)N[C@@H](CCCCN)C(=O)N[C@@H](C(O)C(=O)O)C(=O)N[C@@H](CC(=O)O)C(=O)NCC(=O)N[C@H](C(C)C(=O)O)C(=O)N[C@@H](C(C)(C)O)C(=O)N2C[C@H](C)C[C@H]2C(=O)NC1C)C(C)C(=O)O. The van der Waals surface area contributed by atoms with E-state index in [4.69, 9.17) is 5.73 Å². The molecule has 11 amide bonds. The number of nitrogens with one attached hydrogen (secondary N) is 10. The molecule has 2 saturated heterocycles. The van der Waals surface area contributed by atoms with Crippen molar-refractivity contribution in [2.24, 2.45) is 35.3 Å². The molecule has 0 aliphatic carbocycles. The highest BCUT2D eigenvalue weighted by Crippen LogP contribution is 2.27. The third-order valence-electron chi connectivity index (χ3n) is 15.2. The average Bonchev–Trinajstić information content (AvgIpc) is 1.70. The largest absolute Gasteiger partial charge is 0.481 e. The van der Waals surface area contributed by atoms with Gasteiger partial charge in [0.1, 0.15) is 54.4 Å². The highest BCUT2D eigenvalue weighted by Gasteiger charge is 2.48. The number of rotatable bonds is 23. The first-order chi connectivity index (χ1) is 41.9. The van der Waals surface area contributed by atoms with E-state index in [1.54, 1.807) is 19.1 Å². The summed E-state index contributed by atoms with van der Waals surface area (Å²) in [5.41, 5.74) is 3.44. The standard InChI is InChI=1S/C57H90N12O21/c1-11-27(4)18-14-12-13-15-20-35(70)63-39(29(6)54(84)85)49(79)66-41-31(8)60-47(77)34-22-28(5)25-69(34)53(83)44(57(9,10)90)68-50(80)40(30(7)55(86)87)64-36(71)24-59-45(75)33(23-37(72)73)62-52(82)42(43(74)56(88)89)67-46(76)32(19-16-17-21-58)61-48(78)38(26(2)3)65-51(41)81/h12-13,15,20,26-34,38-44,74,90H,11,14,16-19,21-25,58H2,1-10H3,(H,59,75)(H,60,77)(H,61,78)(H,62,82)(H,63,70)(H,64,71)(H,65,81)(H,66,79)(H,67,76)(H,68,80)(H,72,73)(H,84,85)(H,86,87)(H,88,89)/b13-12-,20-15+/t27?,28-,29?,30?,31?,32+,33+,34+,38-,39+,40-,41+,42+,43?,44-/m1/s1. The van der Waals surface area contributed by atoms with Crippen molar-refractivity contribution in [2.75, 3.05) is 19.6 Å². The van der Waals surface area contributed by atoms with Crippen LogP contribution in [0, 0.1) is 29.6 Å². The summed E-state index contributed by atoms with van der Waals surface area (Å²) >= 11 is 0. The number of aliphatic hydroxyl groups is 2. The van der Waals surface area contributed by atoms with Crippen molar-refractivity contribution in [1.29, 1.82) is 0 Å². The van der Waals surface area contributed by atoms with Gasteiger partial charge in [0.25, 0.3) is 0 Å². The second kappa shape index (κ2) is 36.2. The summed E-state index contributed by atoms with van der Waals surface area (Å²) in [7, 11) is 0. The van der Waals surface area contributed by atoms with Crippen LogP contribution in [0.25, 0.3) is 0 Å². The zero-order valence-corrected chi connectivity index (χ0v) is 52.2. The van der Waals surface area contributed by atoms with E-state index >= 15 is 0 Å². The zero-order valence-electron chi connectivity index (χ0n) is 52.2. The van der Waals surface area contributed by atoms with Gasteiger partial charge in [0, 0.05) is 12.6 Å². The summed E-state index contributed by atoms with van der Waals surface area (Å²) < 4.78 is 0. The minimum atomic E-state index is -2.86. The van der Waals surface area contributed by atoms with Crippen LogP contribution in [0.1, 0.15) is 121 Å². The van der Waals surface area contributed by atoms with Gasteiger partial charge in [-0.15, -0.1) is 0 Å². The first-order valence-corrected chi connectivity index (χ1v) is 29.5. The molecule has 504 valence electrons. The van der Waals surface area contributed by atoms with Crippen LogP contribution in [0.3, 0.4) is 0 Å². The van der Waals surface area contributed by atoms with Crippen LogP contribution in [0.15, 0.2) is 24.3 Å². The number of carboxylic acids is 4. The molecule has 2 fully saturated rings. The maximum atomic E-state index is 14.9. The fraction of sp³-hybridized carbons (Fsp3) is 0.667. The van der Waals surface area contributed by atoms with Crippen LogP contribution in [0.5, 0.6) is 0 Å². The summed E-state index contributed by atoms with van der Waals surface area (Å²) in [5.74, 6) is -25.9. The van der Waals surface area contributed by atoms with E-state index in [0.717, 1.165) is 51.5 Å². The van der Waals surface area contributed by atoms with Gasteiger partial charge in [0.2, 0.25) is 65.0 Å². The van der Waals surface area contributed by atoms with Crippen molar-refractivity contribution in [1.82, 2.24) is 58.1 Å². The molecule has 2 aliphatic rings. The number of carbonyl (C=O) groups excluding carboxylic acids is 11. The van der Waals surface area contributed by atoms with Gasteiger partial charge < -0.3 is 94.4 Å². The Kier molecular flexibility index (Phi) is 31.1. The van der Waals surface area contributed by atoms with Gasteiger partial charge >= 0.3 is 23.9 Å². The fourth-order valence-corrected chi connectivity index (χ4v) is 9.41. The van der Waals surface area contributed by atoms with Gasteiger partial charge in [0.15, 0.2) is 6.10 Å². The first kappa shape index (κ1) is 77.5. The Hall–Kier alpha value is -8.59. The van der Waals surface area contributed by atoms with Crippen molar-refractivity contribution >= 4 is 88.9 Å². The van der Waals surface area contributed by atoms with E-state index in [1.807, 2.05) is 22.9 Å². The first-order valence-electron chi connectivity index (χ1n) is 29.5. The molecule has 0 aromatic heterocycles. The second-order valence-corrected chi connectivity index (χ2v) is 23.6. The number of hydrogen-bond donors (Lipinski definition) is 17. The number of aliphatic carboxylic acids is 4. The summed E-state index contributed by atoms with van der Waals surface area (Å²) in [6.07, 6.45) is 3.88. The van der Waals surface area contributed by atoms with Gasteiger partial charge in [-0.2, -0.15) is 0 Å². The molecule has 2 heterocycles. The molecule has 2 aliphatic heterocycles. The van der Waals surface area contributed by atoms with Crippen LogP contribution in [-0.2, 0) is 71.9 Å². The molecule has 33 heteroatoms. The van der Waals surface area contributed by atoms with Crippen LogP contribution in [0.4, 0.5) is 0 Å². The maximum absolute atomic E-state index is 14.9. The monoisotopic (exact) mass is 1280 g/mol. The van der Waals surface area contributed by atoms with Crippen molar-refractivity contribution in [3.63, 3.8) is 0 Å². The van der Waals surface area contributed by atoms with Crippen LogP contribution in [-0.4, -0.2) is 216 Å². The van der Waals surface area contributed by atoms with Gasteiger partial charge in [0.05, 0.1) is 36.4 Å². The lowest BCUT2D eigenvalue weighted by molar-refractivity contribution is -0.153. The number of hydrogen-bond acceptors (Lipinski definition) is 18. The molecule has 0 aromatic carbocycles. The lowest BCUT2D eigenvalue weighted by Gasteiger charge is -2.36. The minimum absolute atomic E-state index is 0.0432. The lowest BCUT2D eigenvalue weighted by Crippen LogP contribution is -2.66. The Balaban J connectivity index is 2.99. The summed E-state index contributed by atoms with van der Waals surface area (Å²) in [5, 5.41) is 84.2. The molecule has 33 nitrogen and oxygen atoms in total. The minimum Gasteiger partial charge on any atom is -0.481 e. The molecule has 0 aromatic rings. The number of carboxylic acid groups (broad SMARTS) is 4. The van der Waals surface area contributed by atoms with E-state index in [0.29, 0.717) is 12.3 Å². The fourth-order valence-electron chi connectivity index (χ4n) is 9.41. The molecule has 5 unspecified atom stereocenters.